The molecule has 1 aliphatic heterocycles. The molecular weight excluding hydrogens is 358 g/mol. The Hall–Kier alpha value is -3.09. The number of amides is 3. The average molecular weight is 383 g/mol. The molecule has 7 heteroatoms. The van der Waals surface area contributed by atoms with Gasteiger partial charge in [0.2, 0.25) is 11.8 Å². The first-order valence-electron chi connectivity index (χ1n) is 9.25. The summed E-state index contributed by atoms with van der Waals surface area (Å²) in [5.41, 5.74) is 6.42. The van der Waals surface area contributed by atoms with Gasteiger partial charge in [-0.1, -0.05) is 32.9 Å². The molecule has 1 saturated heterocycles. The number of likely N-dealkylation sites (tertiary alicyclic amines) is 1. The molecule has 148 valence electrons. The maximum Gasteiger partial charge on any atom is 0.269 e. The third-order valence-electron chi connectivity index (χ3n) is 4.82. The molecule has 7 nitrogen and oxygen atoms in total. The summed E-state index contributed by atoms with van der Waals surface area (Å²) < 4.78 is 5.25. The first kappa shape index (κ1) is 19.7. The van der Waals surface area contributed by atoms with Crippen molar-refractivity contribution in [2.75, 3.05) is 6.54 Å². The fourth-order valence-electron chi connectivity index (χ4n) is 3.11. The Morgan fingerprint density at radius 1 is 1.14 bits per heavy atom. The SMILES string of the molecule is CC(C)(C)c1ccc(C(=O)NNC(=O)[C@H]2CC(=O)N(Cc3ccco3)C2)cc1. The van der Waals surface area contributed by atoms with E-state index >= 15 is 0 Å². The van der Waals surface area contributed by atoms with Gasteiger partial charge >= 0.3 is 0 Å². The molecule has 1 aromatic heterocycles. The number of carbonyl (C=O) groups excluding carboxylic acids is 3. The van der Waals surface area contributed by atoms with Gasteiger partial charge in [-0.05, 0) is 35.2 Å². The van der Waals surface area contributed by atoms with Crippen LogP contribution in [0.15, 0.2) is 47.1 Å². The van der Waals surface area contributed by atoms with E-state index in [-0.39, 0.29) is 23.7 Å². The fraction of sp³-hybridized carbons (Fsp3) is 0.381. The molecule has 0 aliphatic carbocycles. The van der Waals surface area contributed by atoms with Crippen molar-refractivity contribution in [3.63, 3.8) is 0 Å². The highest BCUT2D eigenvalue weighted by molar-refractivity contribution is 5.96. The molecule has 1 aliphatic rings. The van der Waals surface area contributed by atoms with E-state index in [9.17, 15) is 14.4 Å². The van der Waals surface area contributed by atoms with Crippen molar-refractivity contribution < 1.29 is 18.8 Å². The zero-order valence-corrected chi connectivity index (χ0v) is 16.3. The molecule has 28 heavy (non-hydrogen) atoms. The molecule has 1 fully saturated rings. The molecule has 3 rings (SSSR count). The number of benzene rings is 1. The smallest absolute Gasteiger partial charge is 0.269 e. The summed E-state index contributed by atoms with van der Waals surface area (Å²) in [6.07, 6.45) is 1.66. The lowest BCUT2D eigenvalue weighted by Gasteiger charge is -2.19. The van der Waals surface area contributed by atoms with E-state index in [1.165, 1.54) is 0 Å². The zero-order valence-electron chi connectivity index (χ0n) is 16.3. The molecule has 2 aromatic rings. The standard InChI is InChI=1S/C21H25N3O4/c1-21(2,3)16-8-6-14(7-9-16)19(26)22-23-20(27)15-11-18(25)24(12-15)13-17-5-4-10-28-17/h4-10,15H,11-13H2,1-3H3,(H,22,26)(H,23,27)/t15-/m0/s1. The average Bonchev–Trinajstić information content (AvgIpc) is 3.29. The number of rotatable bonds is 4. The van der Waals surface area contributed by atoms with Gasteiger partial charge < -0.3 is 9.32 Å². The molecule has 3 amide bonds. The lowest BCUT2D eigenvalue weighted by molar-refractivity contribution is -0.129. The van der Waals surface area contributed by atoms with Gasteiger partial charge in [0.1, 0.15) is 5.76 Å². The minimum absolute atomic E-state index is 0.000245. The molecular formula is C21H25N3O4. The summed E-state index contributed by atoms with van der Waals surface area (Å²) in [5.74, 6) is -0.728. The van der Waals surface area contributed by atoms with E-state index in [0.29, 0.717) is 24.4 Å². The van der Waals surface area contributed by atoms with Gasteiger partial charge in [0.05, 0.1) is 18.7 Å². The van der Waals surface area contributed by atoms with Crippen molar-refractivity contribution in [2.24, 2.45) is 5.92 Å². The van der Waals surface area contributed by atoms with E-state index in [1.807, 2.05) is 12.1 Å². The second kappa shape index (κ2) is 7.88. The highest BCUT2D eigenvalue weighted by atomic mass is 16.3. The van der Waals surface area contributed by atoms with Crippen LogP contribution in [0.2, 0.25) is 0 Å². The van der Waals surface area contributed by atoms with E-state index < -0.39 is 11.8 Å². The zero-order chi connectivity index (χ0) is 20.3. The Bertz CT molecular complexity index is 851. The van der Waals surface area contributed by atoms with Gasteiger partial charge in [-0.15, -0.1) is 0 Å². The van der Waals surface area contributed by atoms with E-state index in [2.05, 4.69) is 31.6 Å². The topological polar surface area (TPSA) is 91.7 Å². The summed E-state index contributed by atoms with van der Waals surface area (Å²) in [6, 6.07) is 10.8. The third kappa shape index (κ3) is 4.60. The molecule has 2 N–H and O–H groups in total. The highest BCUT2D eigenvalue weighted by Gasteiger charge is 2.34. The van der Waals surface area contributed by atoms with Crippen LogP contribution in [0.5, 0.6) is 0 Å². The van der Waals surface area contributed by atoms with Crippen molar-refractivity contribution in [1.29, 1.82) is 0 Å². The summed E-state index contributed by atoms with van der Waals surface area (Å²) in [7, 11) is 0. The van der Waals surface area contributed by atoms with E-state index in [1.54, 1.807) is 35.4 Å². The van der Waals surface area contributed by atoms with Crippen LogP contribution in [-0.4, -0.2) is 29.2 Å². The molecule has 0 radical (unpaired) electrons. The highest BCUT2D eigenvalue weighted by Crippen LogP contribution is 2.22. The monoisotopic (exact) mass is 383 g/mol. The Morgan fingerprint density at radius 2 is 1.86 bits per heavy atom. The Kier molecular flexibility index (Phi) is 5.53. The second-order valence-electron chi connectivity index (χ2n) is 8.03. The predicted molar refractivity (Wildman–Crippen MR) is 103 cm³/mol. The molecule has 0 spiro atoms. The summed E-state index contributed by atoms with van der Waals surface area (Å²) >= 11 is 0. The van der Waals surface area contributed by atoms with Gasteiger partial charge in [-0.2, -0.15) is 0 Å². The Morgan fingerprint density at radius 3 is 2.46 bits per heavy atom. The summed E-state index contributed by atoms with van der Waals surface area (Å²) in [4.78, 5) is 38.3. The van der Waals surface area contributed by atoms with Crippen LogP contribution in [0.3, 0.4) is 0 Å². The maximum atomic E-state index is 12.3. The van der Waals surface area contributed by atoms with Crippen LogP contribution in [-0.2, 0) is 21.5 Å². The Balaban J connectivity index is 1.51. The molecule has 1 aromatic carbocycles. The largest absolute Gasteiger partial charge is 0.467 e. The van der Waals surface area contributed by atoms with Crippen LogP contribution in [0.4, 0.5) is 0 Å². The molecule has 0 bridgehead atoms. The summed E-state index contributed by atoms with van der Waals surface area (Å²) in [6.45, 7) is 6.92. The fourth-order valence-corrected chi connectivity index (χ4v) is 3.11. The van der Waals surface area contributed by atoms with Crippen molar-refractivity contribution in [1.82, 2.24) is 15.8 Å². The van der Waals surface area contributed by atoms with E-state index in [0.717, 1.165) is 5.56 Å². The first-order valence-corrected chi connectivity index (χ1v) is 9.25. The quantitative estimate of drug-likeness (QED) is 0.793. The third-order valence-corrected chi connectivity index (χ3v) is 4.82. The summed E-state index contributed by atoms with van der Waals surface area (Å²) in [5, 5.41) is 0. The minimum Gasteiger partial charge on any atom is -0.467 e. The Labute approximate surface area is 164 Å². The number of furan rings is 1. The molecule has 0 saturated carbocycles. The second-order valence-corrected chi connectivity index (χ2v) is 8.03. The van der Waals surface area contributed by atoms with Gasteiger partial charge in [-0.3, -0.25) is 25.2 Å². The first-order chi connectivity index (χ1) is 13.2. The predicted octanol–water partition coefficient (Wildman–Crippen LogP) is 2.39. The van der Waals surface area contributed by atoms with Crippen LogP contribution in [0, 0.1) is 5.92 Å². The van der Waals surface area contributed by atoms with Crippen LogP contribution in [0.1, 0.15) is 48.9 Å². The number of nitrogens with one attached hydrogen (secondary N) is 2. The van der Waals surface area contributed by atoms with Crippen LogP contribution in [0.25, 0.3) is 0 Å². The van der Waals surface area contributed by atoms with Gasteiger partial charge in [0.25, 0.3) is 5.91 Å². The van der Waals surface area contributed by atoms with Crippen molar-refractivity contribution in [3.8, 4) is 0 Å². The van der Waals surface area contributed by atoms with Crippen molar-refractivity contribution in [2.45, 2.75) is 39.2 Å². The van der Waals surface area contributed by atoms with Gasteiger partial charge in [0, 0.05) is 18.5 Å². The minimum atomic E-state index is -0.508. The number of nitrogens with zero attached hydrogens (tertiary/aromatic N) is 1. The normalized spacial score (nSPS) is 16.9. The lowest BCUT2D eigenvalue weighted by atomic mass is 9.87. The maximum absolute atomic E-state index is 12.3. The van der Waals surface area contributed by atoms with Crippen LogP contribution < -0.4 is 10.9 Å². The number of hydrogen-bond donors (Lipinski definition) is 2. The number of hydrogen-bond acceptors (Lipinski definition) is 4. The number of hydrazine groups is 1. The van der Waals surface area contributed by atoms with Crippen molar-refractivity contribution in [3.05, 3.63) is 59.5 Å². The van der Waals surface area contributed by atoms with Crippen LogP contribution >= 0.6 is 0 Å². The lowest BCUT2D eigenvalue weighted by Crippen LogP contribution is -2.45. The number of carbonyl (C=O) groups is 3. The molecule has 2 heterocycles. The van der Waals surface area contributed by atoms with Gasteiger partial charge in [-0.25, -0.2) is 0 Å². The van der Waals surface area contributed by atoms with Gasteiger partial charge in [0.15, 0.2) is 0 Å². The van der Waals surface area contributed by atoms with E-state index in [4.69, 9.17) is 4.42 Å². The van der Waals surface area contributed by atoms with Crippen molar-refractivity contribution >= 4 is 17.7 Å². The molecule has 1 atom stereocenters. The molecule has 0 unspecified atom stereocenters.